The summed E-state index contributed by atoms with van der Waals surface area (Å²) in [5, 5.41) is 3.60. The van der Waals surface area contributed by atoms with Crippen LogP contribution in [0.5, 0.6) is 0 Å². The zero-order chi connectivity index (χ0) is 15.2. The van der Waals surface area contributed by atoms with E-state index in [-0.39, 0.29) is 5.54 Å². The summed E-state index contributed by atoms with van der Waals surface area (Å²) in [4.78, 5) is 4.09. The van der Waals surface area contributed by atoms with Gasteiger partial charge in [-0.25, -0.2) is 0 Å². The number of halogens is 1. The van der Waals surface area contributed by atoms with Crippen molar-refractivity contribution in [3.05, 3.63) is 20.8 Å². The fourth-order valence-electron chi connectivity index (χ4n) is 3.49. The zero-order valence-corrected chi connectivity index (χ0v) is 15.9. The molecule has 0 aliphatic carbocycles. The zero-order valence-electron chi connectivity index (χ0n) is 13.5. The number of thiophene rings is 1. The van der Waals surface area contributed by atoms with Gasteiger partial charge < -0.3 is 5.32 Å². The molecule has 0 saturated heterocycles. The van der Waals surface area contributed by atoms with Crippen LogP contribution in [0, 0.1) is 0 Å². The van der Waals surface area contributed by atoms with Crippen LogP contribution in [0.3, 0.4) is 0 Å². The summed E-state index contributed by atoms with van der Waals surface area (Å²) < 4.78 is 1.23. The molecule has 4 heteroatoms. The molecule has 0 aliphatic heterocycles. The summed E-state index contributed by atoms with van der Waals surface area (Å²) in [6, 6.07) is 4.89. The van der Waals surface area contributed by atoms with Crippen molar-refractivity contribution in [2.24, 2.45) is 0 Å². The highest BCUT2D eigenvalue weighted by molar-refractivity contribution is 9.11. The molecule has 1 aromatic heterocycles. The second-order valence-electron chi connectivity index (χ2n) is 5.23. The summed E-state index contributed by atoms with van der Waals surface area (Å²) in [7, 11) is 2.11. The molecule has 1 atom stereocenters. The Morgan fingerprint density at radius 3 is 2.15 bits per heavy atom. The second-order valence-corrected chi connectivity index (χ2v) is 7.78. The molecular weight excluding hydrogens is 332 g/mol. The standard InChI is InChI=1S/C16H29BrN2S/c1-6-16(7-2,19(8-3)9-4)14(18-5)12-13-10-11-15(17)20-13/h10-11,14,18H,6-9,12H2,1-5H3. The molecule has 1 aromatic rings. The van der Waals surface area contributed by atoms with Crippen LogP contribution in [-0.2, 0) is 6.42 Å². The minimum absolute atomic E-state index is 0.245. The van der Waals surface area contributed by atoms with Crippen LogP contribution in [0.15, 0.2) is 15.9 Å². The molecule has 1 N–H and O–H groups in total. The predicted octanol–water partition coefficient (Wildman–Crippen LogP) is 4.54. The van der Waals surface area contributed by atoms with Crippen molar-refractivity contribution in [2.75, 3.05) is 20.1 Å². The van der Waals surface area contributed by atoms with E-state index in [1.807, 2.05) is 11.3 Å². The van der Waals surface area contributed by atoms with Gasteiger partial charge in [-0.3, -0.25) is 4.90 Å². The summed E-state index contributed by atoms with van der Waals surface area (Å²) >= 11 is 5.43. The topological polar surface area (TPSA) is 15.3 Å². The molecule has 0 aliphatic rings. The smallest absolute Gasteiger partial charge is 0.0701 e. The normalized spacial score (nSPS) is 13.9. The van der Waals surface area contributed by atoms with Gasteiger partial charge in [0.1, 0.15) is 0 Å². The first-order valence-corrected chi connectivity index (χ1v) is 9.35. The van der Waals surface area contributed by atoms with Gasteiger partial charge in [-0.2, -0.15) is 0 Å². The number of nitrogens with zero attached hydrogens (tertiary/aromatic N) is 1. The van der Waals surface area contributed by atoms with Crippen molar-refractivity contribution in [2.45, 2.75) is 58.5 Å². The lowest BCUT2D eigenvalue weighted by Gasteiger charge is -2.48. The van der Waals surface area contributed by atoms with Crippen LogP contribution in [0.2, 0.25) is 0 Å². The van der Waals surface area contributed by atoms with Crippen molar-refractivity contribution in [3.8, 4) is 0 Å². The molecule has 0 saturated carbocycles. The van der Waals surface area contributed by atoms with E-state index in [1.54, 1.807) is 0 Å². The van der Waals surface area contributed by atoms with Gasteiger partial charge in [-0.05, 0) is 67.5 Å². The Bertz CT molecular complexity index is 384. The Morgan fingerprint density at radius 1 is 1.20 bits per heavy atom. The average Bonchev–Trinajstić information content (AvgIpc) is 2.88. The minimum atomic E-state index is 0.245. The van der Waals surface area contributed by atoms with Crippen molar-refractivity contribution in [3.63, 3.8) is 0 Å². The molecule has 0 aromatic carbocycles. The number of nitrogens with one attached hydrogen (secondary N) is 1. The molecule has 1 rings (SSSR count). The third-order valence-electron chi connectivity index (χ3n) is 4.65. The van der Waals surface area contributed by atoms with Gasteiger partial charge in [0.25, 0.3) is 0 Å². The molecule has 0 amide bonds. The monoisotopic (exact) mass is 360 g/mol. The van der Waals surface area contributed by atoms with Crippen molar-refractivity contribution >= 4 is 27.3 Å². The number of hydrogen-bond donors (Lipinski definition) is 1. The van der Waals surface area contributed by atoms with Crippen molar-refractivity contribution in [1.82, 2.24) is 10.2 Å². The van der Waals surface area contributed by atoms with E-state index in [9.17, 15) is 0 Å². The molecule has 2 nitrogen and oxygen atoms in total. The molecule has 0 bridgehead atoms. The number of rotatable bonds is 9. The first-order chi connectivity index (χ1) is 9.57. The summed E-state index contributed by atoms with van der Waals surface area (Å²) in [6.07, 6.45) is 3.47. The van der Waals surface area contributed by atoms with Gasteiger partial charge in [-0.1, -0.05) is 27.7 Å². The molecule has 1 heterocycles. The average molecular weight is 361 g/mol. The molecule has 0 spiro atoms. The van der Waals surface area contributed by atoms with Crippen LogP contribution in [0.25, 0.3) is 0 Å². The fourth-order valence-corrected chi connectivity index (χ4v) is 5.02. The molecule has 1 unspecified atom stereocenters. The molecule has 0 fully saturated rings. The molecular formula is C16H29BrN2S. The van der Waals surface area contributed by atoms with Gasteiger partial charge in [-0.15, -0.1) is 11.3 Å². The van der Waals surface area contributed by atoms with Crippen LogP contribution < -0.4 is 5.32 Å². The van der Waals surface area contributed by atoms with E-state index in [0.717, 1.165) is 19.5 Å². The highest BCUT2D eigenvalue weighted by Gasteiger charge is 2.39. The van der Waals surface area contributed by atoms with Crippen LogP contribution in [0.1, 0.15) is 45.4 Å². The van der Waals surface area contributed by atoms with Crippen LogP contribution in [-0.4, -0.2) is 36.6 Å². The maximum Gasteiger partial charge on any atom is 0.0701 e. The lowest BCUT2D eigenvalue weighted by molar-refractivity contribution is 0.0522. The number of likely N-dealkylation sites (N-methyl/N-ethyl adjacent to an activating group) is 2. The van der Waals surface area contributed by atoms with Crippen LogP contribution >= 0.6 is 27.3 Å². The highest BCUT2D eigenvalue weighted by Crippen LogP contribution is 2.32. The fraction of sp³-hybridized carbons (Fsp3) is 0.750. The van der Waals surface area contributed by atoms with Gasteiger partial charge in [0.05, 0.1) is 3.79 Å². The Morgan fingerprint density at radius 2 is 1.80 bits per heavy atom. The van der Waals surface area contributed by atoms with E-state index in [1.165, 1.54) is 21.5 Å². The van der Waals surface area contributed by atoms with Crippen molar-refractivity contribution < 1.29 is 0 Å². The lowest BCUT2D eigenvalue weighted by Crippen LogP contribution is -2.61. The molecule has 0 radical (unpaired) electrons. The maximum absolute atomic E-state index is 3.60. The summed E-state index contributed by atoms with van der Waals surface area (Å²) in [5.41, 5.74) is 0.245. The Hall–Kier alpha value is 0.1000. The third kappa shape index (κ3) is 3.85. The van der Waals surface area contributed by atoms with E-state index in [0.29, 0.717) is 6.04 Å². The Labute approximate surface area is 137 Å². The van der Waals surface area contributed by atoms with E-state index >= 15 is 0 Å². The van der Waals surface area contributed by atoms with Gasteiger partial charge >= 0.3 is 0 Å². The SMILES string of the molecule is CCN(CC)C(CC)(CC)C(Cc1ccc(Br)s1)NC. The summed E-state index contributed by atoms with van der Waals surface area (Å²) in [5.74, 6) is 0. The van der Waals surface area contributed by atoms with E-state index < -0.39 is 0 Å². The van der Waals surface area contributed by atoms with Gasteiger partial charge in [0.2, 0.25) is 0 Å². The van der Waals surface area contributed by atoms with Gasteiger partial charge in [0.15, 0.2) is 0 Å². The van der Waals surface area contributed by atoms with Crippen molar-refractivity contribution in [1.29, 1.82) is 0 Å². The predicted molar refractivity (Wildman–Crippen MR) is 94.8 cm³/mol. The molecule has 116 valence electrons. The van der Waals surface area contributed by atoms with E-state index in [4.69, 9.17) is 0 Å². The summed E-state index contributed by atoms with van der Waals surface area (Å²) in [6.45, 7) is 11.4. The van der Waals surface area contributed by atoms with Crippen LogP contribution in [0.4, 0.5) is 0 Å². The first kappa shape index (κ1) is 18.1. The highest BCUT2D eigenvalue weighted by atomic mass is 79.9. The first-order valence-electron chi connectivity index (χ1n) is 7.74. The quantitative estimate of drug-likeness (QED) is 0.695. The van der Waals surface area contributed by atoms with Gasteiger partial charge in [0, 0.05) is 16.5 Å². The third-order valence-corrected chi connectivity index (χ3v) is 6.29. The van der Waals surface area contributed by atoms with E-state index in [2.05, 4.69) is 73.0 Å². The Balaban J connectivity index is 3.01. The molecule has 20 heavy (non-hydrogen) atoms. The second kappa shape index (κ2) is 8.52. The number of hydrogen-bond acceptors (Lipinski definition) is 3. The lowest BCUT2D eigenvalue weighted by atomic mass is 9.80. The minimum Gasteiger partial charge on any atom is -0.315 e. The maximum atomic E-state index is 3.60. The Kier molecular flexibility index (Phi) is 7.73. The largest absolute Gasteiger partial charge is 0.315 e.